The van der Waals surface area contributed by atoms with Crippen LogP contribution >= 0.6 is 0 Å². The van der Waals surface area contributed by atoms with Gasteiger partial charge in [-0.2, -0.15) is 15.3 Å². The van der Waals surface area contributed by atoms with Gasteiger partial charge in [0.25, 0.3) is 0 Å². The minimum atomic E-state index is 0.864. The van der Waals surface area contributed by atoms with Crippen LogP contribution in [0, 0.1) is 0 Å². The number of fused-ring (bicyclic) bond motifs is 1. The number of benzene rings is 1. The third kappa shape index (κ3) is 2.07. The summed E-state index contributed by atoms with van der Waals surface area (Å²) >= 11 is 0. The van der Waals surface area contributed by atoms with Crippen LogP contribution in [-0.4, -0.2) is 19.8 Å². The summed E-state index contributed by atoms with van der Waals surface area (Å²) in [5.74, 6) is 0. The Bertz CT molecular complexity index is 897. The molecular weight excluding hydrogens is 260 g/mol. The molecule has 0 radical (unpaired) electrons. The molecule has 0 N–H and O–H groups in total. The highest BCUT2D eigenvalue weighted by Gasteiger charge is 2.08. The molecule has 3 heterocycles. The normalized spacial score (nSPS) is 10.9. The molecule has 0 amide bonds. The molecule has 4 nitrogen and oxygen atoms in total. The van der Waals surface area contributed by atoms with Crippen molar-refractivity contribution in [1.29, 1.82) is 0 Å². The van der Waals surface area contributed by atoms with Gasteiger partial charge in [-0.25, -0.2) is 4.52 Å². The summed E-state index contributed by atoms with van der Waals surface area (Å²) < 4.78 is 1.86. The fourth-order valence-electron chi connectivity index (χ4n) is 2.42. The van der Waals surface area contributed by atoms with Crippen molar-refractivity contribution < 1.29 is 0 Å². The van der Waals surface area contributed by atoms with Crippen molar-refractivity contribution in [3.05, 3.63) is 73.2 Å². The lowest BCUT2D eigenvalue weighted by molar-refractivity contribution is 0.961. The maximum Gasteiger partial charge on any atom is 0.0935 e. The Morgan fingerprint density at radius 3 is 2.57 bits per heavy atom. The molecule has 3 aromatic heterocycles. The molecule has 0 saturated carbocycles. The highest BCUT2D eigenvalue weighted by atomic mass is 15.2. The Kier molecular flexibility index (Phi) is 2.71. The maximum absolute atomic E-state index is 4.37. The smallest absolute Gasteiger partial charge is 0.0935 e. The lowest BCUT2D eigenvalue weighted by Gasteiger charge is -2.03. The van der Waals surface area contributed by atoms with Gasteiger partial charge in [-0.3, -0.25) is 0 Å². The van der Waals surface area contributed by atoms with Crippen molar-refractivity contribution in [2.24, 2.45) is 0 Å². The van der Waals surface area contributed by atoms with Gasteiger partial charge in [-0.1, -0.05) is 36.4 Å². The van der Waals surface area contributed by atoms with Crippen molar-refractivity contribution in [3.8, 4) is 22.4 Å². The fraction of sp³-hybridized carbons (Fsp3) is 0. The van der Waals surface area contributed by atoms with Crippen LogP contribution in [0.2, 0.25) is 0 Å². The van der Waals surface area contributed by atoms with Crippen LogP contribution in [0.4, 0.5) is 0 Å². The Hall–Kier alpha value is -3.01. The molecule has 0 spiro atoms. The first kappa shape index (κ1) is 11.8. The lowest BCUT2D eigenvalue weighted by atomic mass is 10.1. The highest BCUT2D eigenvalue weighted by Crippen LogP contribution is 2.26. The molecule has 4 heteroatoms. The number of rotatable bonds is 2. The lowest BCUT2D eigenvalue weighted by Crippen LogP contribution is -1.89. The van der Waals surface area contributed by atoms with E-state index in [1.54, 1.807) is 6.20 Å². The molecule has 0 aliphatic carbocycles. The molecule has 0 aliphatic rings. The minimum absolute atomic E-state index is 0.864. The van der Waals surface area contributed by atoms with Crippen molar-refractivity contribution in [2.75, 3.05) is 0 Å². The molecule has 0 aliphatic heterocycles. The van der Waals surface area contributed by atoms with Crippen LogP contribution in [-0.2, 0) is 0 Å². The van der Waals surface area contributed by atoms with E-state index in [9.17, 15) is 0 Å². The van der Waals surface area contributed by atoms with Gasteiger partial charge in [0.2, 0.25) is 0 Å². The summed E-state index contributed by atoms with van der Waals surface area (Å²) in [7, 11) is 0. The van der Waals surface area contributed by atoms with Crippen molar-refractivity contribution in [1.82, 2.24) is 19.8 Å². The summed E-state index contributed by atoms with van der Waals surface area (Å²) in [5.41, 5.74) is 5.06. The highest BCUT2D eigenvalue weighted by molar-refractivity contribution is 5.81. The number of hydrogen-bond donors (Lipinski definition) is 0. The second-order valence-corrected chi connectivity index (χ2v) is 4.78. The van der Waals surface area contributed by atoms with Crippen LogP contribution in [0.25, 0.3) is 27.9 Å². The van der Waals surface area contributed by atoms with Gasteiger partial charge in [0.15, 0.2) is 0 Å². The molecule has 0 fully saturated rings. The van der Waals surface area contributed by atoms with Gasteiger partial charge in [0.05, 0.1) is 23.6 Å². The van der Waals surface area contributed by atoms with E-state index in [0.29, 0.717) is 0 Å². The summed E-state index contributed by atoms with van der Waals surface area (Å²) in [6.45, 7) is 0. The number of hydrogen-bond acceptors (Lipinski definition) is 3. The van der Waals surface area contributed by atoms with Crippen LogP contribution in [0.1, 0.15) is 0 Å². The van der Waals surface area contributed by atoms with Gasteiger partial charge in [0.1, 0.15) is 0 Å². The average molecular weight is 272 g/mol. The molecule has 21 heavy (non-hydrogen) atoms. The topological polar surface area (TPSA) is 43.1 Å². The fourth-order valence-corrected chi connectivity index (χ4v) is 2.42. The Balaban J connectivity index is 1.87. The van der Waals surface area contributed by atoms with Crippen LogP contribution in [0.5, 0.6) is 0 Å². The molecule has 0 unspecified atom stereocenters. The quantitative estimate of drug-likeness (QED) is 0.561. The first-order chi connectivity index (χ1) is 10.4. The predicted octanol–water partition coefficient (Wildman–Crippen LogP) is 3.46. The number of pyridine rings is 1. The van der Waals surface area contributed by atoms with E-state index in [0.717, 1.165) is 27.9 Å². The zero-order valence-corrected chi connectivity index (χ0v) is 11.2. The van der Waals surface area contributed by atoms with E-state index < -0.39 is 0 Å². The minimum Gasteiger partial charge on any atom is -0.240 e. The monoisotopic (exact) mass is 272 g/mol. The third-order valence-corrected chi connectivity index (χ3v) is 3.46. The molecule has 100 valence electrons. The van der Waals surface area contributed by atoms with Gasteiger partial charge < -0.3 is 0 Å². The summed E-state index contributed by atoms with van der Waals surface area (Å²) in [6.07, 6.45) is 5.57. The standard InChI is InChI=1S/C17H12N4/c1-2-6-13(7-3-1)16-10-14(11-18-20-16)15-12-19-21-9-5-4-8-17(15)21/h1-12H. The molecule has 0 bridgehead atoms. The van der Waals surface area contributed by atoms with Gasteiger partial charge in [-0.05, 0) is 18.2 Å². The molecule has 1 aromatic carbocycles. The summed E-state index contributed by atoms with van der Waals surface area (Å²) in [6, 6.07) is 18.1. The Morgan fingerprint density at radius 2 is 1.67 bits per heavy atom. The van der Waals surface area contributed by atoms with Crippen LogP contribution in [0.15, 0.2) is 73.2 Å². The largest absolute Gasteiger partial charge is 0.240 e. The number of aromatic nitrogens is 4. The van der Waals surface area contributed by atoms with Gasteiger partial charge in [0, 0.05) is 22.9 Å². The summed E-state index contributed by atoms with van der Waals surface area (Å²) in [5, 5.41) is 12.7. The first-order valence-corrected chi connectivity index (χ1v) is 6.73. The van der Waals surface area contributed by atoms with Crippen molar-refractivity contribution in [2.45, 2.75) is 0 Å². The summed E-state index contributed by atoms with van der Waals surface area (Å²) in [4.78, 5) is 0. The molecular formula is C17H12N4. The van der Waals surface area contributed by atoms with Crippen molar-refractivity contribution >= 4 is 5.52 Å². The van der Waals surface area contributed by atoms with Gasteiger partial charge >= 0.3 is 0 Å². The van der Waals surface area contributed by atoms with Crippen LogP contribution in [0.3, 0.4) is 0 Å². The van der Waals surface area contributed by atoms with E-state index in [2.05, 4.69) is 15.3 Å². The van der Waals surface area contributed by atoms with Gasteiger partial charge in [-0.15, -0.1) is 0 Å². The van der Waals surface area contributed by atoms with E-state index >= 15 is 0 Å². The molecule has 4 aromatic rings. The second-order valence-electron chi connectivity index (χ2n) is 4.78. The average Bonchev–Trinajstić information content (AvgIpc) is 3.00. The Labute approximate surface area is 121 Å². The van der Waals surface area contributed by atoms with Crippen LogP contribution < -0.4 is 0 Å². The molecule has 0 saturated heterocycles. The van der Waals surface area contributed by atoms with E-state index in [4.69, 9.17) is 0 Å². The molecule has 0 atom stereocenters. The SMILES string of the molecule is c1ccc(-c2cc(-c3cnn4ccccc34)cnn2)cc1. The first-order valence-electron chi connectivity index (χ1n) is 6.73. The number of nitrogens with zero attached hydrogens (tertiary/aromatic N) is 4. The van der Waals surface area contributed by atoms with E-state index in [1.807, 2.05) is 71.5 Å². The zero-order valence-electron chi connectivity index (χ0n) is 11.2. The van der Waals surface area contributed by atoms with Crippen molar-refractivity contribution in [3.63, 3.8) is 0 Å². The van der Waals surface area contributed by atoms with E-state index in [1.165, 1.54) is 0 Å². The zero-order chi connectivity index (χ0) is 14.1. The second kappa shape index (κ2) is 4.83. The maximum atomic E-state index is 4.37. The molecule has 4 rings (SSSR count). The Morgan fingerprint density at radius 1 is 0.810 bits per heavy atom. The third-order valence-electron chi connectivity index (χ3n) is 3.46. The predicted molar refractivity (Wildman–Crippen MR) is 81.7 cm³/mol. The van der Waals surface area contributed by atoms with E-state index in [-0.39, 0.29) is 0 Å².